The predicted octanol–water partition coefficient (Wildman–Crippen LogP) is 6.32. The number of anilines is 1. The first-order valence-corrected chi connectivity index (χ1v) is 13.0. The van der Waals surface area contributed by atoms with Crippen LogP contribution in [-0.4, -0.2) is 56.9 Å². The van der Waals surface area contributed by atoms with Gasteiger partial charge in [-0.2, -0.15) is 18.3 Å². The molecule has 2 atom stereocenters. The molecule has 1 unspecified atom stereocenters. The highest BCUT2D eigenvalue weighted by Crippen LogP contribution is 2.38. The monoisotopic (exact) mass is 540 g/mol. The molecule has 36 heavy (non-hydrogen) atoms. The Hall–Kier alpha value is -2.10. The van der Waals surface area contributed by atoms with E-state index in [0.29, 0.717) is 39.3 Å². The highest BCUT2D eigenvalue weighted by molar-refractivity contribution is 6.35. The van der Waals surface area contributed by atoms with Gasteiger partial charge >= 0.3 is 6.18 Å². The zero-order chi connectivity index (χ0) is 25.8. The van der Waals surface area contributed by atoms with Crippen LogP contribution < -0.4 is 4.90 Å². The van der Waals surface area contributed by atoms with Crippen molar-refractivity contribution < 1.29 is 13.2 Å². The number of hydrogen-bond acceptors (Lipinski definition) is 5. The van der Waals surface area contributed by atoms with Gasteiger partial charge < -0.3 is 9.80 Å². The molecule has 0 aliphatic carbocycles. The molecule has 0 N–H and O–H groups in total. The van der Waals surface area contributed by atoms with Gasteiger partial charge in [0, 0.05) is 35.7 Å². The fourth-order valence-electron chi connectivity index (χ4n) is 5.38. The number of hydrogen-bond donors (Lipinski definition) is 0. The van der Waals surface area contributed by atoms with E-state index in [0.717, 1.165) is 26.2 Å². The zero-order valence-corrected chi connectivity index (χ0v) is 21.9. The molecule has 2 aliphatic rings. The highest BCUT2D eigenvalue weighted by atomic mass is 35.5. The molecule has 5 rings (SSSR count). The lowest BCUT2D eigenvalue weighted by Crippen LogP contribution is -2.54. The van der Waals surface area contributed by atoms with Gasteiger partial charge in [-0.05, 0) is 69.7 Å². The van der Waals surface area contributed by atoms with E-state index < -0.39 is 17.9 Å². The number of fused-ring (bicyclic) bond motifs is 1. The van der Waals surface area contributed by atoms with Crippen molar-refractivity contribution >= 4 is 40.2 Å². The second-order valence-electron chi connectivity index (χ2n) is 10.2. The summed E-state index contributed by atoms with van der Waals surface area (Å²) < 4.78 is 42.7. The zero-order valence-electron chi connectivity index (χ0n) is 20.4. The molecule has 6 nitrogen and oxygen atoms in total. The van der Waals surface area contributed by atoms with Crippen molar-refractivity contribution in [1.29, 1.82) is 0 Å². The standard InChI is InChI=1S/C25H29Cl2F3N6/c1-14(2)34-8-4-5-16(11-34)17-12-35(13-17)21-10-31-22-23(25(28,29)30)33-36(24(22)32-21)15(3)19-7-6-18(26)9-20(19)27/h6-7,9-10,14-17H,4-5,8,11-13H2,1-3H3/t15?,16-/m0/s1. The van der Waals surface area contributed by atoms with Crippen LogP contribution in [0.25, 0.3) is 11.2 Å². The van der Waals surface area contributed by atoms with E-state index >= 15 is 0 Å². The number of likely N-dealkylation sites (tertiary alicyclic amines) is 1. The fourth-order valence-corrected chi connectivity index (χ4v) is 5.94. The van der Waals surface area contributed by atoms with Crippen LogP contribution >= 0.6 is 23.2 Å². The van der Waals surface area contributed by atoms with Gasteiger partial charge in [-0.3, -0.25) is 0 Å². The molecular formula is C25H29Cl2F3N6. The van der Waals surface area contributed by atoms with Crippen molar-refractivity contribution in [3.05, 3.63) is 45.7 Å². The van der Waals surface area contributed by atoms with Crippen molar-refractivity contribution in [1.82, 2.24) is 24.6 Å². The molecule has 0 radical (unpaired) electrons. The fraction of sp³-hybridized carbons (Fsp3) is 0.560. The van der Waals surface area contributed by atoms with Gasteiger partial charge in [-0.25, -0.2) is 14.6 Å². The topological polar surface area (TPSA) is 50.1 Å². The third-order valence-electron chi connectivity index (χ3n) is 7.56. The number of benzene rings is 1. The smallest absolute Gasteiger partial charge is 0.355 e. The third-order valence-corrected chi connectivity index (χ3v) is 8.12. The first-order chi connectivity index (χ1) is 17.0. The van der Waals surface area contributed by atoms with Gasteiger partial charge in [0.1, 0.15) is 11.3 Å². The Kier molecular flexibility index (Phi) is 6.85. The summed E-state index contributed by atoms with van der Waals surface area (Å²) in [6.45, 7) is 10.1. The molecule has 0 saturated carbocycles. The van der Waals surface area contributed by atoms with E-state index in [2.05, 4.69) is 38.7 Å². The van der Waals surface area contributed by atoms with Crippen LogP contribution in [0.4, 0.5) is 19.0 Å². The minimum atomic E-state index is -4.66. The van der Waals surface area contributed by atoms with E-state index in [1.165, 1.54) is 23.7 Å². The average molecular weight is 541 g/mol. The molecule has 2 saturated heterocycles. The van der Waals surface area contributed by atoms with E-state index in [1.54, 1.807) is 25.1 Å². The van der Waals surface area contributed by atoms with Gasteiger partial charge in [0.15, 0.2) is 11.3 Å². The number of aromatic nitrogens is 4. The second-order valence-corrected chi connectivity index (χ2v) is 11.0. The van der Waals surface area contributed by atoms with Crippen LogP contribution in [-0.2, 0) is 6.18 Å². The Bertz CT molecular complexity index is 1250. The van der Waals surface area contributed by atoms with E-state index in [-0.39, 0.29) is 11.2 Å². The van der Waals surface area contributed by atoms with Crippen LogP contribution in [0.15, 0.2) is 24.4 Å². The normalized spacial score (nSPS) is 20.8. The molecule has 2 fully saturated rings. The van der Waals surface area contributed by atoms with Crippen LogP contribution in [0.3, 0.4) is 0 Å². The average Bonchev–Trinajstić information content (AvgIpc) is 3.17. The number of halogens is 5. The minimum absolute atomic E-state index is 0.0884. The predicted molar refractivity (Wildman–Crippen MR) is 136 cm³/mol. The van der Waals surface area contributed by atoms with Crippen molar-refractivity contribution in [3.63, 3.8) is 0 Å². The first kappa shape index (κ1) is 25.5. The molecular weight excluding hydrogens is 512 g/mol. The van der Waals surface area contributed by atoms with Gasteiger partial charge in [-0.1, -0.05) is 29.3 Å². The summed E-state index contributed by atoms with van der Waals surface area (Å²) in [4.78, 5) is 13.4. The van der Waals surface area contributed by atoms with Crippen molar-refractivity contribution in [2.24, 2.45) is 11.8 Å². The number of alkyl halides is 3. The molecule has 0 bridgehead atoms. The van der Waals surface area contributed by atoms with Crippen LogP contribution in [0.5, 0.6) is 0 Å². The van der Waals surface area contributed by atoms with Crippen molar-refractivity contribution in [2.45, 2.75) is 51.9 Å². The van der Waals surface area contributed by atoms with E-state index in [1.807, 2.05) is 0 Å². The largest absolute Gasteiger partial charge is 0.437 e. The summed E-state index contributed by atoms with van der Waals surface area (Å²) in [5, 5.41) is 4.71. The van der Waals surface area contributed by atoms with Crippen LogP contribution in [0.2, 0.25) is 10.0 Å². The second kappa shape index (κ2) is 9.65. The lowest BCUT2D eigenvalue weighted by atomic mass is 9.80. The summed E-state index contributed by atoms with van der Waals surface area (Å²) >= 11 is 12.4. The third kappa shape index (κ3) is 4.77. The van der Waals surface area contributed by atoms with E-state index in [9.17, 15) is 13.2 Å². The van der Waals surface area contributed by atoms with E-state index in [4.69, 9.17) is 23.2 Å². The molecule has 11 heteroatoms. The highest BCUT2D eigenvalue weighted by Gasteiger charge is 2.40. The van der Waals surface area contributed by atoms with Gasteiger partial charge in [0.2, 0.25) is 0 Å². The molecule has 3 aromatic rings. The molecule has 0 amide bonds. The number of nitrogens with zero attached hydrogens (tertiary/aromatic N) is 6. The molecule has 2 aliphatic heterocycles. The maximum atomic E-state index is 13.8. The summed E-state index contributed by atoms with van der Waals surface area (Å²) in [6.07, 6.45) is -0.807. The quantitative estimate of drug-likeness (QED) is 0.379. The Balaban J connectivity index is 1.43. The van der Waals surface area contributed by atoms with Crippen molar-refractivity contribution in [2.75, 3.05) is 31.1 Å². The van der Waals surface area contributed by atoms with Gasteiger partial charge in [0.05, 0.1) is 12.2 Å². The van der Waals surface area contributed by atoms with Crippen LogP contribution in [0.1, 0.15) is 50.9 Å². The lowest BCUT2D eigenvalue weighted by molar-refractivity contribution is -0.140. The lowest BCUT2D eigenvalue weighted by Gasteiger charge is -2.47. The summed E-state index contributed by atoms with van der Waals surface area (Å²) in [5.41, 5.74) is -0.626. The van der Waals surface area contributed by atoms with Gasteiger partial charge in [0.25, 0.3) is 0 Å². The Morgan fingerprint density at radius 1 is 1.06 bits per heavy atom. The maximum absolute atomic E-state index is 13.8. The summed E-state index contributed by atoms with van der Waals surface area (Å²) in [5.74, 6) is 1.74. The summed E-state index contributed by atoms with van der Waals surface area (Å²) in [7, 11) is 0. The maximum Gasteiger partial charge on any atom is 0.437 e. The SMILES string of the molecule is CC(C)N1CCC[C@H](C2CN(c3cnc4c(C(F)(F)F)nn(C(C)c5ccc(Cl)cc5Cl)c4n3)C2)C1. The molecule has 2 aromatic heterocycles. The van der Waals surface area contributed by atoms with Crippen molar-refractivity contribution in [3.8, 4) is 0 Å². The summed E-state index contributed by atoms with van der Waals surface area (Å²) in [6, 6.07) is 4.84. The minimum Gasteiger partial charge on any atom is -0.355 e. The molecule has 1 aromatic carbocycles. The molecule has 4 heterocycles. The molecule has 0 spiro atoms. The van der Waals surface area contributed by atoms with Crippen LogP contribution in [0, 0.1) is 11.8 Å². The number of rotatable bonds is 5. The Morgan fingerprint density at radius 3 is 2.47 bits per heavy atom. The Labute approximate surface area is 218 Å². The Morgan fingerprint density at radius 2 is 1.81 bits per heavy atom. The molecule has 194 valence electrons. The number of piperidine rings is 1. The van der Waals surface area contributed by atoms with Gasteiger partial charge in [-0.15, -0.1) is 0 Å². The first-order valence-electron chi connectivity index (χ1n) is 12.3.